The molecule has 0 aliphatic heterocycles. The smallest absolute Gasteiger partial charge is 0.343 e. The molecule has 0 unspecified atom stereocenters. The Morgan fingerprint density at radius 2 is 1.21 bits per heavy atom. The van der Waals surface area contributed by atoms with Crippen LogP contribution >= 0.6 is 0 Å². The molecule has 0 aliphatic rings. The van der Waals surface area contributed by atoms with E-state index in [0.29, 0.717) is 17.1 Å². The number of benzene rings is 3. The third-order valence-corrected chi connectivity index (χ3v) is 3.90. The highest BCUT2D eigenvalue weighted by atomic mass is 16.5. The van der Waals surface area contributed by atoms with E-state index in [1.165, 1.54) is 6.92 Å². The standard InChI is InChI=1S/C24H18O4/c1-3-4-18-5-7-21(8-6-18)24(26)28-23-15-11-20(12-16-23)19-9-13-22(14-10-19)27-17(2)25/h5-16H,1-2H3. The van der Waals surface area contributed by atoms with Gasteiger partial charge < -0.3 is 9.47 Å². The molecule has 0 bridgehead atoms. The fourth-order valence-corrected chi connectivity index (χ4v) is 2.60. The van der Waals surface area contributed by atoms with Crippen molar-refractivity contribution < 1.29 is 19.1 Å². The number of carbonyl (C=O) groups excluding carboxylic acids is 2. The third-order valence-electron chi connectivity index (χ3n) is 3.90. The zero-order valence-electron chi connectivity index (χ0n) is 15.6. The van der Waals surface area contributed by atoms with Crippen molar-refractivity contribution in [3.8, 4) is 34.5 Å². The maximum absolute atomic E-state index is 12.3. The summed E-state index contributed by atoms with van der Waals surface area (Å²) in [5, 5.41) is 0. The Labute approximate surface area is 163 Å². The Morgan fingerprint density at radius 1 is 0.714 bits per heavy atom. The van der Waals surface area contributed by atoms with E-state index in [0.717, 1.165) is 16.7 Å². The van der Waals surface area contributed by atoms with Gasteiger partial charge in [-0.1, -0.05) is 30.2 Å². The van der Waals surface area contributed by atoms with Gasteiger partial charge in [-0.25, -0.2) is 4.79 Å². The number of rotatable bonds is 4. The predicted molar refractivity (Wildman–Crippen MR) is 107 cm³/mol. The molecule has 138 valence electrons. The van der Waals surface area contributed by atoms with Crippen molar-refractivity contribution in [3.05, 3.63) is 83.9 Å². The monoisotopic (exact) mass is 370 g/mol. The van der Waals surface area contributed by atoms with Gasteiger partial charge in [-0.3, -0.25) is 4.79 Å². The summed E-state index contributed by atoms with van der Waals surface area (Å²) in [6.07, 6.45) is 0. The zero-order chi connectivity index (χ0) is 19.9. The van der Waals surface area contributed by atoms with E-state index >= 15 is 0 Å². The first-order valence-corrected chi connectivity index (χ1v) is 8.69. The van der Waals surface area contributed by atoms with Crippen molar-refractivity contribution in [1.82, 2.24) is 0 Å². The molecule has 0 spiro atoms. The van der Waals surface area contributed by atoms with E-state index in [9.17, 15) is 9.59 Å². The fourth-order valence-electron chi connectivity index (χ4n) is 2.60. The van der Waals surface area contributed by atoms with E-state index in [1.807, 2.05) is 24.3 Å². The largest absolute Gasteiger partial charge is 0.427 e. The lowest BCUT2D eigenvalue weighted by molar-refractivity contribution is -0.131. The average molecular weight is 370 g/mol. The second-order valence-electron chi connectivity index (χ2n) is 5.98. The van der Waals surface area contributed by atoms with Crippen molar-refractivity contribution >= 4 is 11.9 Å². The molecule has 0 radical (unpaired) electrons. The highest BCUT2D eigenvalue weighted by molar-refractivity contribution is 5.91. The summed E-state index contributed by atoms with van der Waals surface area (Å²) in [4.78, 5) is 23.2. The second-order valence-corrected chi connectivity index (χ2v) is 5.98. The topological polar surface area (TPSA) is 52.6 Å². The number of hydrogen-bond donors (Lipinski definition) is 0. The lowest BCUT2D eigenvalue weighted by atomic mass is 10.1. The molecule has 3 rings (SSSR count). The van der Waals surface area contributed by atoms with Crippen LogP contribution < -0.4 is 9.47 Å². The predicted octanol–water partition coefficient (Wildman–Crippen LogP) is 4.87. The van der Waals surface area contributed by atoms with Crippen LogP contribution in [-0.4, -0.2) is 11.9 Å². The van der Waals surface area contributed by atoms with Crippen molar-refractivity contribution in [2.45, 2.75) is 13.8 Å². The van der Waals surface area contributed by atoms with E-state index < -0.39 is 5.97 Å². The molecule has 0 N–H and O–H groups in total. The van der Waals surface area contributed by atoms with Crippen LogP contribution in [0, 0.1) is 11.8 Å². The van der Waals surface area contributed by atoms with Gasteiger partial charge in [-0.15, -0.1) is 5.92 Å². The number of hydrogen-bond acceptors (Lipinski definition) is 4. The normalized spacial score (nSPS) is 9.79. The fraction of sp³-hybridized carbons (Fsp3) is 0.0833. The Hall–Kier alpha value is -3.84. The summed E-state index contributed by atoms with van der Waals surface area (Å²) in [6, 6.07) is 21.4. The molecule has 3 aromatic carbocycles. The molecular formula is C24H18O4. The number of ether oxygens (including phenoxy) is 2. The van der Waals surface area contributed by atoms with Gasteiger partial charge in [0.15, 0.2) is 0 Å². The van der Waals surface area contributed by atoms with Crippen LogP contribution in [0.1, 0.15) is 29.8 Å². The first-order chi connectivity index (χ1) is 13.5. The second kappa shape index (κ2) is 8.70. The summed E-state index contributed by atoms with van der Waals surface area (Å²) in [5.41, 5.74) is 3.23. The highest BCUT2D eigenvalue weighted by Gasteiger charge is 2.09. The maximum atomic E-state index is 12.3. The maximum Gasteiger partial charge on any atom is 0.343 e. The molecule has 28 heavy (non-hydrogen) atoms. The molecule has 4 nitrogen and oxygen atoms in total. The summed E-state index contributed by atoms with van der Waals surface area (Å²) < 4.78 is 10.4. The average Bonchev–Trinajstić information content (AvgIpc) is 2.69. The van der Waals surface area contributed by atoms with Crippen LogP contribution in [0.3, 0.4) is 0 Å². The van der Waals surface area contributed by atoms with Gasteiger partial charge in [0.05, 0.1) is 5.56 Å². The van der Waals surface area contributed by atoms with Crippen LogP contribution in [-0.2, 0) is 4.79 Å². The van der Waals surface area contributed by atoms with Gasteiger partial charge in [0, 0.05) is 12.5 Å². The van der Waals surface area contributed by atoms with Gasteiger partial charge in [-0.05, 0) is 66.6 Å². The third kappa shape index (κ3) is 4.87. The van der Waals surface area contributed by atoms with E-state index in [2.05, 4.69) is 11.8 Å². The van der Waals surface area contributed by atoms with Gasteiger partial charge in [-0.2, -0.15) is 0 Å². The summed E-state index contributed by atoms with van der Waals surface area (Å²) in [6.45, 7) is 3.13. The van der Waals surface area contributed by atoms with Crippen molar-refractivity contribution in [1.29, 1.82) is 0 Å². The molecule has 0 aromatic heterocycles. The number of carbonyl (C=O) groups is 2. The minimum absolute atomic E-state index is 0.355. The summed E-state index contributed by atoms with van der Waals surface area (Å²) >= 11 is 0. The molecule has 4 heteroatoms. The number of esters is 2. The van der Waals surface area contributed by atoms with Crippen molar-refractivity contribution in [2.24, 2.45) is 0 Å². The molecule has 0 fully saturated rings. The Morgan fingerprint density at radius 3 is 1.68 bits per heavy atom. The Balaban J connectivity index is 1.67. The lowest BCUT2D eigenvalue weighted by Crippen LogP contribution is -2.08. The highest BCUT2D eigenvalue weighted by Crippen LogP contribution is 2.25. The van der Waals surface area contributed by atoms with E-state index in [4.69, 9.17) is 9.47 Å². The van der Waals surface area contributed by atoms with Crippen LogP contribution in [0.2, 0.25) is 0 Å². The molecule has 0 amide bonds. The molecule has 0 atom stereocenters. The first kappa shape index (κ1) is 18.9. The molecule has 0 saturated heterocycles. The zero-order valence-corrected chi connectivity index (χ0v) is 15.6. The molecule has 3 aromatic rings. The SMILES string of the molecule is CC#Cc1ccc(C(=O)Oc2ccc(-c3ccc(OC(C)=O)cc3)cc2)cc1. The van der Waals surface area contributed by atoms with Crippen LogP contribution in [0.5, 0.6) is 11.5 Å². The van der Waals surface area contributed by atoms with Crippen LogP contribution in [0.15, 0.2) is 72.8 Å². The minimum Gasteiger partial charge on any atom is -0.427 e. The molecule has 0 heterocycles. The van der Waals surface area contributed by atoms with Crippen LogP contribution in [0.25, 0.3) is 11.1 Å². The molecule has 0 saturated carbocycles. The van der Waals surface area contributed by atoms with Gasteiger partial charge in [0.25, 0.3) is 0 Å². The van der Waals surface area contributed by atoms with Crippen LogP contribution in [0.4, 0.5) is 0 Å². The lowest BCUT2D eigenvalue weighted by Gasteiger charge is -2.07. The summed E-state index contributed by atoms with van der Waals surface area (Å²) in [5.74, 6) is 5.93. The summed E-state index contributed by atoms with van der Waals surface area (Å²) in [7, 11) is 0. The van der Waals surface area contributed by atoms with E-state index in [-0.39, 0.29) is 5.97 Å². The van der Waals surface area contributed by atoms with Crippen molar-refractivity contribution in [3.63, 3.8) is 0 Å². The minimum atomic E-state index is -0.422. The quantitative estimate of drug-likeness (QED) is 0.373. The van der Waals surface area contributed by atoms with Gasteiger partial charge >= 0.3 is 11.9 Å². The Kier molecular flexibility index (Phi) is 5.88. The first-order valence-electron chi connectivity index (χ1n) is 8.69. The van der Waals surface area contributed by atoms with Gasteiger partial charge in [0.2, 0.25) is 0 Å². The van der Waals surface area contributed by atoms with Gasteiger partial charge in [0.1, 0.15) is 11.5 Å². The Bertz CT molecular complexity index is 1040. The molecule has 0 aliphatic carbocycles. The van der Waals surface area contributed by atoms with E-state index in [1.54, 1.807) is 55.5 Å². The molecular weight excluding hydrogens is 352 g/mol. The van der Waals surface area contributed by atoms with Crippen molar-refractivity contribution in [2.75, 3.05) is 0 Å².